The summed E-state index contributed by atoms with van der Waals surface area (Å²) in [5.74, 6) is 0.0404. The lowest BCUT2D eigenvalue weighted by atomic mass is 10.0. The zero-order valence-corrected chi connectivity index (χ0v) is 20.3. The molecule has 0 aliphatic carbocycles. The van der Waals surface area contributed by atoms with E-state index in [9.17, 15) is 14.0 Å². The Morgan fingerprint density at radius 2 is 1.89 bits per heavy atom. The molecule has 3 amide bonds. The third-order valence-electron chi connectivity index (χ3n) is 6.12. The third-order valence-corrected chi connectivity index (χ3v) is 6.42. The van der Waals surface area contributed by atoms with E-state index in [-0.39, 0.29) is 23.8 Å². The van der Waals surface area contributed by atoms with Crippen molar-refractivity contribution < 1.29 is 23.5 Å². The van der Waals surface area contributed by atoms with Gasteiger partial charge in [0.2, 0.25) is 5.91 Å². The lowest BCUT2D eigenvalue weighted by Gasteiger charge is -2.49. The van der Waals surface area contributed by atoms with Crippen molar-refractivity contribution in [1.29, 1.82) is 0 Å². The molecule has 8 nitrogen and oxygen atoms in total. The SMILES string of the molecule is CNC(=O)Nc1cc(Cl)c(OC)cc1C=CC(=O)N1C2COCC1CN(Cc1ccc(F)cc1)C2. The molecule has 4 rings (SSSR count). The molecule has 35 heavy (non-hydrogen) atoms. The Morgan fingerprint density at radius 1 is 1.20 bits per heavy atom. The van der Waals surface area contributed by atoms with Gasteiger partial charge in [-0.1, -0.05) is 23.7 Å². The Bertz CT molecular complexity index is 1100. The topological polar surface area (TPSA) is 83.1 Å². The number of halogens is 2. The molecule has 2 aliphatic rings. The summed E-state index contributed by atoms with van der Waals surface area (Å²) in [6, 6.07) is 9.15. The molecular weight excluding hydrogens is 475 g/mol. The van der Waals surface area contributed by atoms with Crippen molar-refractivity contribution in [3.8, 4) is 5.75 Å². The third kappa shape index (κ3) is 5.93. The molecule has 2 atom stereocenters. The largest absolute Gasteiger partial charge is 0.495 e. The summed E-state index contributed by atoms with van der Waals surface area (Å²) < 4.78 is 24.3. The van der Waals surface area contributed by atoms with Crippen molar-refractivity contribution in [2.45, 2.75) is 18.6 Å². The van der Waals surface area contributed by atoms with E-state index < -0.39 is 6.03 Å². The Kier molecular flexibility index (Phi) is 7.90. The van der Waals surface area contributed by atoms with Crippen LogP contribution in [0.5, 0.6) is 5.75 Å². The van der Waals surface area contributed by atoms with Crippen molar-refractivity contribution in [1.82, 2.24) is 15.1 Å². The van der Waals surface area contributed by atoms with Crippen LogP contribution in [0.3, 0.4) is 0 Å². The normalized spacial score (nSPS) is 20.1. The number of fused-ring (bicyclic) bond motifs is 2. The summed E-state index contributed by atoms with van der Waals surface area (Å²) in [6.45, 7) is 2.91. The highest BCUT2D eigenvalue weighted by Crippen LogP contribution is 2.32. The fraction of sp³-hybridized carbons (Fsp3) is 0.360. The molecule has 2 aromatic carbocycles. The van der Waals surface area contributed by atoms with Gasteiger partial charge in [0.25, 0.3) is 0 Å². The number of piperazine rings is 1. The van der Waals surface area contributed by atoms with E-state index in [2.05, 4.69) is 15.5 Å². The Labute approximate surface area is 208 Å². The summed E-state index contributed by atoms with van der Waals surface area (Å²) in [4.78, 5) is 29.3. The van der Waals surface area contributed by atoms with E-state index in [4.69, 9.17) is 21.1 Å². The molecule has 2 aromatic rings. The average Bonchev–Trinajstić information content (AvgIpc) is 2.84. The summed E-state index contributed by atoms with van der Waals surface area (Å²) in [5.41, 5.74) is 2.06. The van der Waals surface area contributed by atoms with Gasteiger partial charge >= 0.3 is 6.03 Å². The molecule has 2 saturated heterocycles. The van der Waals surface area contributed by atoms with Crippen molar-refractivity contribution in [2.24, 2.45) is 0 Å². The summed E-state index contributed by atoms with van der Waals surface area (Å²) in [6.07, 6.45) is 3.15. The molecule has 2 N–H and O–H groups in total. The molecule has 2 heterocycles. The first-order valence-electron chi connectivity index (χ1n) is 11.3. The number of amides is 3. The predicted octanol–water partition coefficient (Wildman–Crippen LogP) is 3.36. The number of benzene rings is 2. The quantitative estimate of drug-likeness (QED) is 0.592. The van der Waals surface area contributed by atoms with E-state index in [1.807, 2.05) is 4.90 Å². The van der Waals surface area contributed by atoms with Crippen LogP contribution in [0.25, 0.3) is 6.08 Å². The summed E-state index contributed by atoms with van der Waals surface area (Å²) in [5, 5.41) is 5.55. The lowest BCUT2D eigenvalue weighted by Crippen LogP contribution is -2.65. The Balaban J connectivity index is 1.49. The number of hydrogen-bond donors (Lipinski definition) is 2. The fourth-order valence-corrected chi connectivity index (χ4v) is 4.73. The van der Waals surface area contributed by atoms with Gasteiger partial charge in [0.1, 0.15) is 11.6 Å². The van der Waals surface area contributed by atoms with Gasteiger partial charge in [0.15, 0.2) is 0 Å². The number of carbonyl (C=O) groups is 2. The summed E-state index contributed by atoms with van der Waals surface area (Å²) in [7, 11) is 3.01. The van der Waals surface area contributed by atoms with E-state index in [0.717, 1.165) is 5.56 Å². The molecule has 0 radical (unpaired) electrons. The number of hydrogen-bond acceptors (Lipinski definition) is 5. The first-order valence-corrected chi connectivity index (χ1v) is 11.7. The van der Waals surface area contributed by atoms with Crippen molar-refractivity contribution in [2.75, 3.05) is 45.8 Å². The lowest BCUT2D eigenvalue weighted by molar-refractivity contribution is -0.150. The van der Waals surface area contributed by atoms with E-state index in [1.54, 1.807) is 30.3 Å². The molecule has 2 aliphatic heterocycles. The number of carbonyl (C=O) groups excluding carboxylic acids is 2. The van der Waals surface area contributed by atoms with Crippen LogP contribution in [0.1, 0.15) is 11.1 Å². The maximum Gasteiger partial charge on any atom is 0.318 e. The monoisotopic (exact) mass is 502 g/mol. The van der Waals surface area contributed by atoms with Crippen LogP contribution in [-0.4, -0.2) is 74.3 Å². The zero-order valence-electron chi connectivity index (χ0n) is 19.6. The van der Waals surface area contributed by atoms with Crippen LogP contribution >= 0.6 is 11.6 Å². The number of anilines is 1. The number of morpholine rings is 1. The van der Waals surface area contributed by atoms with Gasteiger partial charge in [-0.15, -0.1) is 0 Å². The molecule has 0 aromatic heterocycles. The minimum absolute atomic E-state index is 0.0942. The zero-order chi connectivity index (χ0) is 24.9. The minimum Gasteiger partial charge on any atom is -0.495 e. The molecule has 2 fully saturated rings. The Morgan fingerprint density at radius 3 is 2.51 bits per heavy atom. The van der Waals surface area contributed by atoms with Crippen LogP contribution < -0.4 is 15.4 Å². The number of nitrogens with one attached hydrogen (secondary N) is 2. The van der Waals surface area contributed by atoms with Crippen molar-refractivity contribution in [3.05, 3.63) is 64.4 Å². The van der Waals surface area contributed by atoms with Gasteiger partial charge in [-0.05, 0) is 35.9 Å². The smallest absolute Gasteiger partial charge is 0.318 e. The van der Waals surface area contributed by atoms with Gasteiger partial charge in [-0.2, -0.15) is 0 Å². The van der Waals surface area contributed by atoms with Crippen LogP contribution in [0.2, 0.25) is 5.02 Å². The predicted molar refractivity (Wildman–Crippen MR) is 132 cm³/mol. The fourth-order valence-electron chi connectivity index (χ4n) is 4.49. The molecule has 2 unspecified atom stereocenters. The standard InChI is InChI=1S/C25H28ClFN4O4/c1-28-25(33)29-22-10-21(26)23(34-2)9-17(22)5-8-24(32)31-19-12-30(13-20(31)15-35-14-19)11-16-3-6-18(27)7-4-16/h3-10,19-20H,11-15H2,1-2H3,(H2,28,29,33). The second-order valence-corrected chi connectivity index (χ2v) is 8.93. The number of urea groups is 1. The number of nitrogens with zero attached hydrogens (tertiary/aromatic N) is 2. The molecular formula is C25H28ClFN4O4. The van der Waals surface area contributed by atoms with Crippen molar-refractivity contribution in [3.63, 3.8) is 0 Å². The number of methoxy groups -OCH3 is 1. The second kappa shape index (κ2) is 11.1. The molecule has 10 heteroatoms. The molecule has 0 spiro atoms. The second-order valence-electron chi connectivity index (χ2n) is 8.52. The van der Waals surface area contributed by atoms with E-state index >= 15 is 0 Å². The Hall–Kier alpha value is -3.14. The van der Waals surface area contributed by atoms with Crippen LogP contribution in [-0.2, 0) is 16.1 Å². The molecule has 186 valence electrons. The van der Waals surface area contributed by atoms with Gasteiger partial charge in [0, 0.05) is 38.3 Å². The van der Waals surface area contributed by atoms with E-state index in [0.29, 0.717) is 54.9 Å². The van der Waals surface area contributed by atoms with Crippen LogP contribution in [0, 0.1) is 5.82 Å². The van der Waals surface area contributed by atoms with Gasteiger partial charge in [0.05, 0.1) is 43.1 Å². The first-order chi connectivity index (χ1) is 16.9. The highest BCUT2D eigenvalue weighted by atomic mass is 35.5. The summed E-state index contributed by atoms with van der Waals surface area (Å²) >= 11 is 6.22. The first kappa shape index (κ1) is 25.0. The van der Waals surface area contributed by atoms with Gasteiger partial charge < -0.3 is 25.0 Å². The van der Waals surface area contributed by atoms with Crippen LogP contribution in [0.15, 0.2) is 42.5 Å². The maximum atomic E-state index is 13.3. The van der Waals surface area contributed by atoms with E-state index in [1.165, 1.54) is 32.4 Å². The maximum absolute atomic E-state index is 13.3. The highest BCUT2D eigenvalue weighted by molar-refractivity contribution is 6.32. The molecule has 0 saturated carbocycles. The average molecular weight is 503 g/mol. The minimum atomic E-state index is -0.406. The van der Waals surface area contributed by atoms with Gasteiger partial charge in [-0.25, -0.2) is 9.18 Å². The van der Waals surface area contributed by atoms with Crippen LogP contribution in [0.4, 0.5) is 14.9 Å². The molecule has 2 bridgehead atoms. The number of rotatable bonds is 6. The van der Waals surface area contributed by atoms with Crippen molar-refractivity contribution >= 4 is 35.3 Å². The van der Waals surface area contributed by atoms with Gasteiger partial charge in [-0.3, -0.25) is 9.69 Å². The highest BCUT2D eigenvalue weighted by Gasteiger charge is 2.40. The number of ether oxygens (including phenoxy) is 2.